The van der Waals surface area contributed by atoms with Crippen molar-refractivity contribution in [3.8, 4) is 22.6 Å². The average Bonchev–Trinajstić information content (AvgIpc) is 3.68. The zero-order valence-electron chi connectivity index (χ0n) is 24.5. The summed E-state index contributed by atoms with van der Waals surface area (Å²) in [5, 5.41) is 19.3. The molecule has 12 nitrogen and oxygen atoms in total. The fourth-order valence-electron chi connectivity index (χ4n) is 5.40. The molecule has 0 unspecified atom stereocenters. The van der Waals surface area contributed by atoms with E-state index in [0.29, 0.717) is 28.6 Å². The number of benzene rings is 3. The molecule has 0 bridgehead atoms. The summed E-state index contributed by atoms with van der Waals surface area (Å²) in [6, 6.07) is 23.6. The van der Waals surface area contributed by atoms with Gasteiger partial charge in [-0.2, -0.15) is 0 Å². The standard InChI is InChI=1S/C33H28N8O4S/c42-29(20-22-3-1-6-27(19-22)41(43)44)35-25-5-2-4-23(21-25)30-31(40-15-18-46-33(40)38-30)28-11-12-34-32(37-28)36-24-7-9-26(10-8-24)39-13-16-45-17-14-39/h1-12,15,18-19,21H,13-14,16-17,20H2,(H,35,42)(H,34,36,37). The summed E-state index contributed by atoms with van der Waals surface area (Å²) in [6.07, 6.45) is 3.67. The van der Waals surface area contributed by atoms with Crippen molar-refractivity contribution in [1.82, 2.24) is 19.4 Å². The molecule has 230 valence electrons. The fourth-order valence-corrected chi connectivity index (χ4v) is 6.12. The number of ether oxygens (including phenoxy) is 1. The van der Waals surface area contributed by atoms with Gasteiger partial charge in [0, 0.05) is 65.6 Å². The van der Waals surface area contributed by atoms with Crippen molar-refractivity contribution in [2.75, 3.05) is 41.8 Å². The van der Waals surface area contributed by atoms with Crippen LogP contribution in [-0.4, -0.2) is 56.5 Å². The largest absolute Gasteiger partial charge is 0.378 e. The number of rotatable bonds is 9. The quantitative estimate of drug-likeness (QED) is 0.141. The van der Waals surface area contributed by atoms with Gasteiger partial charge in [-0.15, -0.1) is 11.3 Å². The summed E-state index contributed by atoms with van der Waals surface area (Å²) in [5.41, 5.74) is 6.09. The number of carbonyl (C=O) groups excluding carboxylic acids is 1. The second-order valence-electron chi connectivity index (χ2n) is 10.6. The highest BCUT2D eigenvalue weighted by molar-refractivity contribution is 7.15. The van der Waals surface area contributed by atoms with Crippen LogP contribution < -0.4 is 15.5 Å². The van der Waals surface area contributed by atoms with E-state index in [-0.39, 0.29) is 18.0 Å². The molecule has 0 aliphatic carbocycles. The molecule has 0 atom stereocenters. The number of morpholine rings is 1. The molecule has 4 heterocycles. The van der Waals surface area contributed by atoms with Crippen molar-refractivity contribution in [3.05, 3.63) is 112 Å². The predicted octanol–water partition coefficient (Wildman–Crippen LogP) is 6.19. The molecule has 0 spiro atoms. The highest BCUT2D eigenvalue weighted by Crippen LogP contribution is 2.35. The van der Waals surface area contributed by atoms with Gasteiger partial charge in [0.2, 0.25) is 11.9 Å². The van der Waals surface area contributed by atoms with Crippen LogP contribution in [0.5, 0.6) is 0 Å². The van der Waals surface area contributed by atoms with Crippen LogP contribution in [0.4, 0.5) is 28.7 Å². The molecule has 0 radical (unpaired) electrons. The zero-order chi connectivity index (χ0) is 31.5. The summed E-state index contributed by atoms with van der Waals surface area (Å²) >= 11 is 1.51. The maximum absolute atomic E-state index is 12.9. The van der Waals surface area contributed by atoms with Crippen LogP contribution in [0.1, 0.15) is 5.56 Å². The number of carbonyl (C=O) groups is 1. The monoisotopic (exact) mass is 632 g/mol. The number of nitrogens with zero attached hydrogens (tertiary/aromatic N) is 6. The van der Waals surface area contributed by atoms with E-state index in [1.54, 1.807) is 24.4 Å². The third kappa shape index (κ3) is 6.27. The molecule has 3 aromatic carbocycles. The number of thiazole rings is 1. The minimum absolute atomic E-state index is 0.00399. The van der Waals surface area contributed by atoms with Crippen molar-refractivity contribution >= 4 is 50.9 Å². The summed E-state index contributed by atoms with van der Waals surface area (Å²) in [6.45, 7) is 3.21. The van der Waals surface area contributed by atoms with E-state index in [2.05, 4.69) is 32.7 Å². The number of fused-ring (bicyclic) bond motifs is 1. The number of hydrogen-bond acceptors (Lipinski definition) is 10. The molecule has 0 saturated carbocycles. The van der Waals surface area contributed by atoms with Crippen LogP contribution in [0.3, 0.4) is 0 Å². The lowest BCUT2D eigenvalue weighted by molar-refractivity contribution is -0.384. The van der Waals surface area contributed by atoms with Gasteiger partial charge in [-0.3, -0.25) is 19.3 Å². The minimum Gasteiger partial charge on any atom is -0.378 e. The van der Waals surface area contributed by atoms with Crippen LogP contribution in [0.2, 0.25) is 0 Å². The molecule has 46 heavy (non-hydrogen) atoms. The molecule has 3 aromatic heterocycles. The van der Waals surface area contributed by atoms with Gasteiger partial charge in [0.25, 0.3) is 5.69 Å². The van der Waals surface area contributed by atoms with E-state index >= 15 is 0 Å². The first-order valence-electron chi connectivity index (χ1n) is 14.6. The Morgan fingerprint density at radius 1 is 0.978 bits per heavy atom. The Balaban J connectivity index is 1.13. The molecule has 13 heteroatoms. The average molecular weight is 633 g/mol. The molecule has 1 amide bonds. The second kappa shape index (κ2) is 12.8. The minimum atomic E-state index is -0.473. The van der Waals surface area contributed by atoms with Gasteiger partial charge in [0.05, 0.1) is 35.9 Å². The van der Waals surface area contributed by atoms with Crippen LogP contribution in [-0.2, 0) is 16.0 Å². The van der Waals surface area contributed by atoms with Crippen molar-refractivity contribution in [2.45, 2.75) is 6.42 Å². The fraction of sp³-hybridized carbons (Fsp3) is 0.152. The van der Waals surface area contributed by atoms with Gasteiger partial charge in [-0.1, -0.05) is 24.3 Å². The predicted molar refractivity (Wildman–Crippen MR) is 178 cm³/mol. The van der Waals surface area contributed by atoms with Gasteiger partial charge in [0.15, 0.2) is 4.96 Å². The molecule has 6 aromatic rings. The molecule has 2 N–H and O–H groups in total. The van der Waals surface area contributed by atoms with Crippen molar-refractivity contribution in [3.63, 3.8) is 0 Å². The first kappa shape index (κ1) is 29.1. The van der Waals surface area contributed by atoms with E-state index in [4.69, 9.17) is 14.7 Å². The van der Waals surface area contributed by atoms with Gasteiger partial charge in [-0.05, 0) is 48.0 Å². The lowest BCUT2D eigenvalue weighted by atomic mass is 10.1. The maximum atomic E-state index is 12.9. The Morgan fingerprint density at radius 2 is 1.80 bits per heavy atom. The van der Waals surface area contributed by atoms with Crippen LogP contribution in [0.25, 0.3) is 27.6 Å². The van der Waals surface area contributed by atoms with Crippen molar-refractivity contribution in [1.29, 1.82) is 0 Å². The Bertz CT molecular complexity index is 2040. The third-order valence-corrected chi connectivity index (χ3v) is 8.32. The number of nitrogens with one attached hydrogen (secondary N) is 2. The summed E-state index contributed by atoms with van der Waals surface area (Å²) < 4.78 is 7.46. The van der Waals surface area contributed by atoms with Crippen LogP contribution in [0.15, 0.2) is 96.6 Å². The van der Waals surface area contributed by atoms with E-state index in [9.17, 15) is 14.9 Å². The highest BCUT2D eigenvalue weighted by atomic mass is 32.1. The lowest BCUT2D eigenvalue weighted by Crippen LogP contribution is -2.36. The number of amides is 1. The van der Waals surface area contributed by atoms with E-state index in [1.807, 2.05) is 52.4 Å². The van der Waals surface area contributed by atoms with Crippen LogP contribution >= 0.6 is 11.3 Å². The van der Waals surface area contributed by atoms with Crippen LogP contribution in [0, 0.1) is 10.1 Å². The van der Waals surface area contributed by atoms with E-state index in [1.165, 1.54) is 23.5 Å². The summed E-state index contributed by atoms with van der Waals surface area (Å²) in [5.74, 6) is 0.170. The van der Waals surface area contributed by atoms with Gasteiger partial charge >= 0.3 is 0 Å². The van der Waals surface area contributed by atoms with E-state index < -0.39 is 4.92 Å². The smallest absolute Gasteiger partial charge is 0.269 e. The maximum Gasteiger partial charge on any atom is 0.269 e. The number of aromatic nitrogens is 4. The molecule has 1 aliphatic heterocycles. The van der Waals surface area contributed by atoms with Gasteiger partial charge < -0.3 is 20.3 Å². The first-order chi connectivity index (χ1) is 22.5. The molecule has 7 rings (SSSR count). The first-order valence-corrected chi connectivity index (χ1v) is 15.5. The Kier molecular flexibility index (Phi) is 8.06. The third-order valence-electron chi connectivity index (χ3n) is 7.57. The molecular weight excluding hydrogens is 604 g/mol. The van der Waals surface area contributed by atoms with Crippen molar-refractivity contribution < 1.29 is 14.5 Å². The van der Waals surface area contributed by atoms with Crippen molar-refractivity contribution in [2.24, 2.45) is 0 Å². The number of imidazole rings is 1. The number of nitro benzene ring substituents is 1. The molecule has 1 saturated heterocycles. The summed E-state index contributed by atoms with van der Waals surface area (Å²) in [7, 11) is 0. The number of nitro groups is 1. The Morgan fingerprint density at radius 3 is 2.63 bits per heavy atom. The normalized spacial score (nSPS) is 13.1. The number of anilines is 4. The summed E-state index contributed by atoms with van der Waals surface area (Å²) in [4.78, 5) is 40.8. The number of non-ortho nitro benzene ring substituents is 1. The molecule has 1 aliphatic rings. The second-order valence-corrected chi connectivity index (χ2v) is 11.5. The highest BCUT2D eigenvalue weighted by Gasteiger charge is 2.20. The van der Waals surface area contributed by atoms with Gasteiger partial charge in [0.1, 0.15) is 5.69 Å². The Hall–Kier alpha value is -5.66. The lowest BCUT2D eigenvalue weighted by Gasteiger charge is -2.28. The van der Waals surface area contributed by atoms with Gasteiger partial charge in [-0.25, -0.2) is 15.0 Å². The molecular formula is C33H28N8O4S. The SMILES string of the molecule is O=C(Cc1cccc([N+](=O)[O-])c1)Nc1cccc(-c2nc3sccn3c2-c2ccnc(Nc3ccc(N4CCOCC4)cc3)n2)c1. The Labute approximate surface area is 267 Å². The zero-order valence-corrected chi connectivity index (χ0v) is 25.3. The van der Waals surface area contributed by atoms with E-state index in [0.717, 1.165) is 53.9 Å². The topological polar surface area (TPSA) is 140 Å². The molecule has 1 fully saturated rings. The number of hydrogen-bond donors (Lipinski definition) is 2.